The van der Waals surface area contributed by atoms with Crippen LogP contribution in [0, 0.1) is 0 Å². The SMILES string of the molecule is O=C(COC(=O)c1ccccc1C(=O)c1ccccc1)NCCCc1ccccc1. The first-order valence-electron chi connectivity index (χ1n) is 9.81. The maximum atomic E-state index is 12.7. The van der Waals surface area contributed by atoms with Crippen LogP contribution in [-0.2, 0) is 16.0 Å². The Balaban J connectivity index is 1.50. The zero-order chi connectivity index (χ0) is 21.2. The van der Waals surface area contributed by atoms with Crippen LogP contribution in [0.25, 0.3) is 0 Å². The number of benzene rings is 3. The molecule has 0 saturated carbocycles. The summed E-state index contributed by atoms with van der Waals surface area (Å²) in [6.45, 7) is 0.104. The second-order valence-electron chi connectivity index (χ2n) is 6.76. The topological polar surface area (TPSA) is 72.5 Å². The minimum atomic E-state index is -0.700. The normalized spacial score (nSPS) is 10.3. The Morgan fingerprint density at radius 3 is 2.03 bits per heavy atom. The standard InChI is InChI=1S/C25H23NO4/c27-23(26-17-9-12-19-10-3-1-4-11-19)18-30-25(29)22-16-8-7-15-21(22)24(28)20-13-5-2-6-14-20/h1-8,10-11,13-16H,9,12,17-18H2,(H,26,27). The molecule has 0 bridgehead atoms. The van der Waals surface area contributed by atoms with E-state index in [1.165, 1.54) is 11.6 Å². The van der Waals surface area contributed by atoms with Gasteiger partial charge in [-0.05, 0) is 24.5 Å². The van der Waals surface area contributed by atoms with Crippen molar-refractivity contribution in [1.82, 2.24) is 5.32 Å². The third kappa shape index (κ3) is 5.88. The Hall–Kier alpha value is -3.73. The Labute approximate surface area is 175 Å². The van der Waals surface area contributed by atoms with Crippen molar-refractivity contribution in [2.24, 2.45) is 0 Å². The smallest absolute Gasteiger partial charge is 0.339 e. The van der Waals surface area contributed by atoms with Crippen molar-refractivity contribution in [2.45, 2.75) is 12.8 Å². The molecular formula is C25H23NO4. The lowest BCUT2D eigenvalue weighted by Gasteiger charge is -2.10. The van der Waals surface area contributed by atoms with Gasteiger partial charge in [0.15, 0.2) is 12.4 Å². The summed E-state index contributed by atoms with van der Waals surface area (Å²) < 4.78 is 5.13. The molecule has 3 rings (SSSR count). The molecule has 30 heavy (non-hydrogen) atoms. The molecule has 152 valence electrons. The van der Waals surface area contributed by atoms with Gasteiger partial charge in [0.1, 0.15) is 0 Å². The van der Waals surface area contributed by atoms with Crippen molar-refractivity contribution in [3.05, 3.63) is 107 Å². The fraction of sp³-hybridized carbons (Fsp3) is 0.160. The van der Waals surface area contributed by atoms with Gasteiger partial charge in [-0.15, -0.1) is 0 Å². The Kier molecular flexibility index (Phi) is 7.50. The lowest BCUT2D eigenvalue weighted by Crippen LogP contribution is -2.30. The van der Waals surface area contributed by atoms with E-state index in [4.69, 9.17) is 4.74 Å². The summed E-state index contributed by atoms with van der Waals surface area (Å²) >= 11 is 0. The molecule has 0 aliphatic rings. The molecular weight excluding hydrogens is 378 g/mol. The summed E-state index contributed by atoms with van der Waals surface area (Å²) in [4.78, 5) is 37.2. The van der Waals surface area contributed by atoms with Gasteiger partial charge in [0.05, 0.1) is 5.56 Å². The molecule has 3 aromatic rings. The molecule has 0 fully saturated rings. The van der Waals surface area contributed by atoms with Crippen molar-refractivity contribution < 1.29 is 19.1 Å². The fourth-order valence-electron chi connectivity index (χ4n) is 3.03. The first-order valence-corrected chi connectivity index (χ1v) is 9.81. The lowest BCUT2D eigenvalue weighted by atomic mass is 9.98. The maximum Gasteiger partial charge on any atom is 0.339 e. The summed E-state index contributed by atoms with van der Waals surface area (Å²) in [5.41, 5.74) is 2.08. The van der Waals surface area contributed by atoms with E-state index in [1.54, 1.807) is 42.5 Å². The zero-order valence-electron chi connectivity index (χ0n) is 16.5. The Morgan fingerprint density at radius 1 is 0.733 bits per heavy atom. The van der Waals surface area contributed by atoms with E-state index in [0.717, 1.165) is 12.8 Å². The van der Waals surface area contributed by atoms with Gasteiger partial charge in [0.2, 0.25) is 0 Å². The van der Waals surface area contributed by atoms with Crippen LogP contribution in [0.3, 0.4) is 0 Å². The average Bonchev–Trinajstić information content (AvgIpc) is 2.81. The van der Waals surface area contributed by atoms with Gasteiger partial charge in [-0.1, -0.05) is 78.9 Å². The molecule has 0 aliphatic heterocycles. The van der Waals surface area contributed by atoms with Crippen molar-refractivity contribution in [2.75, 3.05) is 13.2 Å². The van der Waals surface area contributed by atoms with Gasteiger partial charge < -0.3 is 10.1 Å². The van der Waals surface area contributed by atoms with Crippen LogP contribution in [0.5, 0.6) is 0 Å². The molecule has 0 unspecified atom stereocenters. The Bertz CT molecular complexity index is 1000. The first kappa shape index (κ1) is 21.0. The largest absolute Gasteiger partial charge is 0.452 e. The van der Waals surface area contributed by atoms with Crippen molar-refractivity contribution in [3.8, 4) is 0 Å². The van der Waals surface area contributed by atoms with Gasteiger partial charge in [0, 0.05) is 17.7 Å². The summed E-state index contributed by atoms with van der Waals surface area (Å²) in [7, 11) is 0. The molecule has 0 aliphatic carbocycles. The highest BCUT2D eigenvalue weighted by molar-refractivity contribution is 6.14. The minimum Gasteiger partial charge on any atom is -0.452 e. The number of ether oxygens (including phenoxy) is 1. The van der Waals surface area contributed by atoms with Gasteiger partial charge in [-0.3, -0.25) is 9.59 Å². The molecule has 0 radical (unpaired) electrons. The van der Waals surface area contributed by atoms with Crippen LogP contribution < -0.4 is 5.32 Å². The lowest BCUT2D eigenvalue weighted by molar-refractivity contribution is -0.124. The summed E-state index contributed by atoms with van der Waals surface area (Å²) in [5.74, 6) is -1.34. The van der Waals surface area contributed by atoms with E-state index in [2.05, 4.69) is 5.32 Å². The number of rotatable bonds is 9. The van der Waals surface area contributed by atoms with Gasteiger partial charge in [-0.2, -0.15) is 0 Å². The van der Waals surface area contributed by atoms with E-state index >= 15 is 0 Å². The molecule has 0 aromatic heterocycles. The highest BCUT2D eigenvalue weighted by atomic mass is 16.5. The second-order valence-corrected chi connectivity index (χ2v) is 6.76. The van der Waals surface area contributed by atoms with E-state index < -0.39 is 12.6 Å². The van der Waals surface area contributed by atoms with Crippen LogP contribution in [0.1, 0.15) is 38.3 Å². The highest BCUT2D eigenvalue weighted by Crippen LogP contribution is 2.15. The molecule has 1 N–H and O–H groups in total. The fourth-order valence-corrected chi connectivity index (χ4v) is 3.03. The quantitative estimate of drug-likeness (QED) is 0.336. The summed E-state index contributed by atoms with van der Waals surface area (Å²) in [6.07, 6.45) is 1.65. The van der Waals surface area contributed by atoms with Crippen molar-refractivity contribution in [3.63, 3.8) is 0 Å². The number of hydrogen-bond donors (Lipinski definition) is 1. The van der Waals surface area contributed by atoms with Crippen LogP contribution >= 0.6 is 0 Å². The number of hydrogen-bond acceptors (Lipinski definition) is 4. The number of carbonyl (C=O) groups excluding carboxylic acids is 3. The second kappa shape index (κ2) is 10.7. The van der Waals surface area contributed by atoms with Gasteiger partial charge in [0.25, 0.3) is 5.91 Å². The molecule has 5 heteroatoms. The number of amides is 1. The minimum absolute atomic E-state index is 0.142. The van der Waals surface area contributed by atoms with Crippen molar-refractivity contribution in [1.29, 1.82) is 0 Å². The monoisotopic (exact) mass is 401 g/mol. The summed E-state index contributed by atoms with van der Waals surface area (Å²) in [6, 6.07) is 25.2. The van der Waals surface area contributed by atoms with Crippen LogP contribution in [0.2, 0.25) is 0 Å². The highest BCUT2D eigenvalue weighted by Gasteiger charge is 2.19. The van der Waals surface area contributed by atoms with Crippen molar-refractivity contribution >= 4 is 17.7 Å². The molecule has 0 heterocycles. The number of ketones is 1. The predicted octanol–water partition coefficient (Wildman–Crippen LogP) is 3.82. The van der Waals surface area contributed by atoms with E-state index in [0.29, 0.717) is 12.1 Å². The number of carbonyl (C=O) groups is 3. The molecule has 5 nitrogen and oxygen atoms in total. The molecule has 3 aromatic carbocycles. The summed E-state index contributed by atoms with van der Waals surface area (Å²) in [5, 5.41) is 2.74. The number of esters is 1. The van der Waals surface area contributed by atoms with E-state index in [1.807, 2.05) is 36.4 Å². The first-order chi connectivity index (χ1) is 14.6. The number of aryl methyl sites for hydroxylation is 1. The van der Waals surface area contributed by atoms with Gasteiger partial charge in [-0.25, -0.2) is 4.79 Å². The average molecular weight is 401 g/mol. The molecule has 0 spiro atoms. The molecule has 1 amide bonds. The van der Waals surface area contributed by atoms with Crippen LogP contribution in [0.15, 0.2) is 84.9 Å². The van der Waals surface area contributed by atoms with Gasteiger partial charge >= 0.3 is 5.97 Å². The number of nitrogens with one attached hydrogen (secondary N) is 1. The maximum absolute atomic E-state index is 12.7. The van der Waals surface area contributed by atoms with Crippen LogP contribution in [0.4, 0.5) is 0 Å². The molecule has 0 atom stereocenters. The van der Waals surface area contributed by atoms with E-state index in [-0.39, 0.29) is 22.8 Å². The third-order valence-electron chi connectivity index (χ3n) is 4.57. The Morgan fingerprint density at radius 2 is 1.33 bits per heavy atom. The van der Waals surface area contributed by atoms with E-state index in [9.17, 15) is 14.4 Å². The third-order valence-corrected chi connectivity index (χ3v) is 4.57. The zero-order valence-corrected chi connectivity index (χ0v) is 16.5. The molecule has 0 saturated heterocycles. The van der Waals surface area contributed by atoms with Crippen LogP contribution in [-0.4, -0.2) is 30.8 Å². The predicted molar refractivity (Wildman–Crippen MR) is 114 cm³/mol.